The van der Waals surface area contributed by atoms with Crippen molar-refractivity contribution < 1.29 is 19.4 Å². The van der Waals surface area contributed by atoms with Crippen LogP contribution in [0.5, 0.6) is 5.75 Å². The van der Waals surface area contributed by atoms with Crippen molar-refractivity contribution in [2.24, 2.45) is 0 Å². The summed E-state index contributed by atoms with van der Waals surface area (Å²) in [6, 6.07) is 16.1. The smallest absolute Gasteiger partial charge is 0.335 e. The van der Waals surface area contributed by atoms with Gasteiger partial charge in [0.05, 0.1) is 17.1 Å². The Balaban J connectivity index is 1.59. The number of benzene rings is 2. The molecule has 2 aromatic rings. The van der Waals surface area contributed by atoms with Crippen LogP contribution in [0.1, 0.15) is 61.0 Å². The lowest BCUT2D eigenvalue weighted by molar-refractivity contribution is -0.129. The highest BCUT2D eigenvalue weighted by molar-refractivity contribution is 5.88. The molecule has 1 amide bonds. The summed E-state index contributed by atoms with van der Waals surface area (Å²) in [6.07, 6.45) is 4.77. The van der Waals surface area contributed by atoms with E-state index in [9.17, 15) is 9.59 Å². The molecule has 3 N–H and O–H groups in total. The highest BCUT2D eigenvalue weighted by atomic mass is 16.5. The number of amides is 1. The van der Waals surface area contributed by atoms with Crippen molar-refractivity contribution in [2.45, 2.75) is 50.6 Å². The Bertz CT molecular complexity index is 830. The fraction of sp³-hybridized carbons (Fsp3) is 0.417. The normalized spacial score (nSPS) is 16.4. The summed E-state index contributed by atoms with van der Waals surface area (Å²) in [5.74, 6) is -0.141. The maximum absolute atomic E-state index is 13.2. The maximum Gasteiger partial charge on any atom is 0.335 e. The Morgan fingerprint density at radius 3 is 2.33 bits per heavy atom. The predicted octanol–water partition coefficient (Wildman–Crippen LogP) is 3.93. The molecular formula is C24H30N2O4. The van der Waals surface area contributed by atoms with E-state index in [1.54, 1.807) is 24.3 Å². The van der Waals surface area contributed by atoms with E-state index >= 15 is 0 Å². The molecule has 1 aliphatic rings. The lowest BCUT2D eigenvalue weighted by Crippen LogP contribution is -2.59. The van der Waals surface area contributed by atoms with Gasteiger partial charge in [-0.15, -0.1) is 0 Å². The summed E-state index contributed by atoms with van der Waals surface area (Å²) < 4.78 is 5.76. The van der Waals surface area contributed by atoms with E-state index in [4.69, 9.17) is 9.84 Å². The molecule has 0 bridgehead atoms. The van der Waals surface area contributed by atoms with E-state index in [2.05, 4.69) is 10.6 Å². The van der Waals surface area contributed by atoms with Gasteiger partial charge in [0.1, 0.15) is 12.4 Å². The van der Waals surface area contributed by atoms with Crippen molar-refractivity contribution in [3.63, 3.8) is 0 Å². The maximum atomic E-state index is 13.2. The molecule has 6 heteroatoms. The third kappa shape index (κ3) is 5.60. The topological polar surface area (TPSA) is 87.7 Å². The van der Waals surface area contributed by atoms with Crippen LogP contribution < -0.4 is 15.4 Å². The number of carbonyl (C=O) groups excluding carboxylic acids is 1. The molecule has 6 nitrogen and oxygen atoms in total. The largest absolute Gasteiger partial charge is 0.492 e. The zero-order chi connectivity index (χ0) is 21.4. The molecule has 0 aromatic heterocycles. The first-order valence-corrected chi connectivity index (χ1v) is 10.6. The molecule has 0 aliphatic heterocycles. The van der Waals surface area contributed by atoms with Crippen LogP contribution in [0.15, 0.2) is 54.6 Å². The van der Waals surface area contributed by atoms with Gasteiger partial charge in [-0.3, -0.25) is 10.1 Å². The zero-order valence-corrected chi connectivity index (χ0v) is 17.4. The molecular weight excluding hydrogens is 380 g/mol. The Labute approximate surface area is 177 Å². The second-order valence-electron chi connectivity index (χ2n) is 7.85. The van der Waals surface area contributed by atoms with Gasteiger partial charge in [0, 0.05) is 6.54 Å². The summed E-state index contributed by atoms with van der Waals surface area (Å²) in [5, 5.41) is 15.6. The Morgan fingerprint density at radius 1 is 1.03 bits per heavy atom. The number of carboxylic acids is 1. The average Bonchev–Trinajstić information content (AvgIpc) is 2.78. The molecule has 0 heterocycles. The third-order valence-electron chi connectivity index (χ3n) is 5.72. The van der Waals surface area contributed by atoms with E-state index in [1.807, 2.05) is 37.3 Å². The van der Waals surface area contributed by atoms with Crippen LogP contribution in [0.2, 0.25) is 0 Å². The molecule has 1 saturated carbocycles. The van der Waals surface area contributed by atoms with Crippen molar-refractivity contribution in [3.05, 3.63) is 65.7 Å². The number of nitrogens with one attached hydrogen (secondary N) is 2. The zero-order valence-electron chi connectivity index (χ0n) is 17.4. The number of hydrogen-bond acceptors (Lipinski definition) is 4. The summed E-state index contributed by atoms with van der Waals surface area (Å²) in [6.45, 7) is 3.00. The van der Waals surface area contributed by atoms with Crippen LogP contribution in [0, 0.1) is 0 Å². The molecule has 160 valence electrons. The molecule has 1 atom stereocenters. The molecule has 3 rings (SSSR count). The molecule has 30 heavy (non-hydrogen) atoms. The number of hydrogen-bond donors (Lipinski definition) is 3. The summed E-state index contributed by atoms with van der Waals surface area (Å²) >= 11 is 0. The van der Waals surface area contributed by atoms with Crippen LogP contribution in [-0.2, 0) is 4.79 Å². The van der Waals surface area contributed by atoms with Gasteiger partial charge in [-0.25, -0.2) is 4.79 Å². The molecule has 1 aliphatic carbocycles. The van der Waals surface area contributed by atoms with Gasteiger partial charge < -0.3 is 15.2 Å². The fourth-order valence-electron chi connectivity index (χ4n) is 3.95. The van der Waals surface area contributed by atoms with Gasteiger partial charge in [-0.1, -0.05) is 49.6 Å². The minimum Gasteiger partial charge on any atom is -0.492 e. The molecule has 0 saturated heterocycles. The Morgan fingerprint density at radius 2 is 1.70 bits per heavy atom. The van der Waals surface area contributed by atoms with Gasteiger partial charge in [-0.2, -0.15) is 0 Å². The number of para-hydroxylation sites is 1. The number of carboxylic acid groups (broad SMARTS) is 1. The van der Waals surface area contributed by atoms with Crippen molar-refractivity contribution in [1.29, 1.82) is 0 Å². The SMILES string of the molecule is C[C@H](NC(=O)C1(NCCOc2ccccc2)CCCCC1)c1ccc(C(=O)O)cc1. The summed E-state index contributed by atoms with van der Waals surface area (Å²) in [5.41, 5.74) is 0.529. The van der Waals surface area contributed by atoms with Crippen molar-refractivity contribution in [1.82, 2.24) is 10.6 Å². The molecule has 0 unspecified atom stereocenters. The van der Waals surface area contributed by atoms with E-state index in [-0.39, 0.29) is 17.5 Å². The van der Waals surface area contributed by atoms with E-state index in [0.29, 0.717) is 13.2 Å². The lowest BCUT2D eigenvalue weighted by Gasteiger charge is -2.37. The van der Waals surface area contributed by atoms with Gasteiger partial charge in [0.15, 0.2) is 0 Å². The van der Waals surface area contributed by atoms with Gasteiger partial charge in [-0.05, 0) is 49.6 Å². The van der Waals surface area contributed by atoms with Crippen LogP contribution in [0.25, 0.3) is 0 Å². The standard InChI is InChI=1S/C24H30N2O4/c1-18(19-10-12-20(13-11-19)22(27)28)26-23(29)24(14-6-3-7-15-24)25-16-17-30-21-8-4-2-5-9-21/h2,4-5,8-13,18,25H,3,6-7,14-17H2,1H3,(H,26,29)(H,27,28)/t18-/m0/s1. The third-order valence-corrected chi connectivity index (χ3v) is 5.72. The van der Waals surface area contributed by atoms with Crippen molar-refractivity contribution in [2.75, 3.05) is 13.2 Å². The Hall–Kier alpha value is -2.86. The Kier molecular flexibility index (Phi) is 7.46. The monoisotopic (exact) mass is 410 g/mol. The van der Waals surface area contributed by atoms with Crippen LogP contribution >= 0.6 is 0 Å². The molecule has 0 radical (unpaired) electrons. The van der Waals surface area contributed by atoms with Gasteiger partial charge in [0.25, 0.3) is 0 Å². The number of rotatable bonds is 9. The second-order valence-corrected chi connectivity index (χ2v) is 7.85. The average molecular weight is 411 g/mol. The summed E-state index contributed by atoms with van der Waals surface area (Å²) in [4.78, 5) is 24.3. The highest BCUT2D eigenvalue weighted by Gasteiger charge is 2.39. The predicted molar refractivity (Wildman–Crippen MR) is 116 cm³/mol. The number of carbonyl (C=O) groups is 2. The summed E-state index contributed by atoms with van der Waals surface area (Å²) in [7, 11) is 0. The number of ether oxygens (including phenoxy) is 1. The lowest BCUT2D eigenvalue weighted by atomic mass is 9.80. The first-order chi connectivity index (χ1) is 14.5. The van der Waals surface area contributed by atoms with Crippen LogP contribution in [-0.4, -0.2) is 35.7 Å². The van der Waals surface area contributed by atoms with Crippen molar-refractivity contribution in [3.8, 4) is 5.75 Å². The second kappa shape index (κ2) is 10.3. The fourth-order valence-corrected chi connectivity index (χ4v) is 3.95. The van der Waals surface area contributed by atoms with Gasteiger partial charge >= 0.3 is 5.97 Å². The van der Waals surface area contributed by atoms with Crippen LogP contribution in [0.4, 0.5) is 0 Å². The molecule has 2 aromatic carbocycles. The first-order valence-electron chi connectivity index (χ1n) is 10.6. The van der Waals surface area contributed by atoms with E-state index < -0.39 is 11.5 Å². The highest BCUT2D eigenvalue weighted by Crippen LogP contribution is 2.29. The van der Waals surface area contributed by atoms with Gasteiger partial charge in [0.2, 0.25) is 5.91 Å². The van der Waals surface area contributed by atoms with E-state index in [1.165, 1.54) is 0 Å². The van der Waals surface area contributed by atoms with Crippen LogP contribution in [0.3, 0.4) is 0 Å². The number of aromatic carboxylic acids is 1. The quantitative estimate of drug-likeness (QED) is 0.545. The van der Waals surface area contributed by atoms with Crippen molar-refractivity contribution >= 4 is 11.9 Å². The molecule has 1 fully saturated rings. The minimum absolute atomic E-state index is 0.00303. The molecule has 0 spiro atoms. The minimum atomic E-state index is -0.957. The first kappa shape index (κ1) is 21.8. The van der Waals surface area contributed by atoms with E-state index in [0.717, 1.165) is 43.4 Å².